The Balaban J connectivity index is 2.09. The minimum Gasteiger partial charge on any atom is -0.340 e. The van der Waals surface area contributed by atoms with Gasteiger partial charge in [0.2, 0.25) is 5.91 Å². The third-order valence-electron chi connectivity index (χ3n) is 3.23. The van der Waals surface area contributed by atoms with E-state index in [-0.39, 0.29) is 22.4 Å². The van der Waals surface area contributed by atoms with Gasteiger partial charge in [0.1, 0.15) is 6.04 Å². The molecule has 1 aliphatic heterocycles. The molecule has 8 heteroatoms. The van der Waals surface area contributed by atoms with Crippen LogP contribution in [0.5, 0.6) is 0 Å². The van der Waals surface area contributed by atoms with Crippen molar-refractivity contribution >= 4 is 51.9 Å². The summed E-state index contributed by atoms with van der Waals surface area (Å²) in [5.74, 6) is 0.0690. The first-order valence-electron chi connectivity index (χ1n) is 7.12. The zero-order valence-electron chi connectivity index (χ0n) is 12.7. The number of nitrogens with zero attached hydrogens (tertiary/aromatic N) is 1. The average Bonchev–Trinajstić information content (AvgIpc) is 2.96. The molecular weight excluding hydrogens is 357 g/mol. The van der Waals surface area contributed by atoms with Gasteiger partial charge in [-0.1, -0.05) is 48.8 Å². The summed E-state index contributed by atoms with van der Waals surface area (Å²) in [6.07, 6.45) is 0. The quantitative estimate of drug-likeness (QED) is 0.851. The van der Waals surface area contributed by atoms with E-state index in [9.17, 15) is 9.59 Å². The second-order valence-corrected chi connectivity index (χ2v) is 7.27. The highest BCUT2D eigenvalue weighted by molar-refractivity contribution is 8.14. The molecule has 0 saturated carbocycles. The molecule has 1 aromatic carbocycles. The zero-order valence-corrected chi connectivity index (χ0v) is 15.1. The summed E-state index contributed by atoms with van der Waals surface area (Å²) in [5, 5.41) is 6.76. The molecule has 0 aliphatic carbocycles. The van der Waals surface area contributed by atoms with Crippen molar-refractivity contribution in [2.24, 2.45) is 10.9 Å². The van der Waals surface area contributed by atoms with Gasteiger partial charge in [-0.3, -0.25) is 14.6 Å². The maximum Gasteiger partial charge on any atom is 0.253 e. The van der Waals surface area contributed by atoms with E-state index < -0.39 is 11.9 Å². The van der Waals surface area contributed by atoms with E-state index in [1.165, 1.54) is 23.9 Å². The highest BCUT2D eigenvalue weighted by Crippen LogP contribution is 2.21. The van der Waals surface area contributed by atoms with Gasteiger partial charge < -0.3 is 10.6 Å². The first-order valence-corrected chi connectivity index (χ1v) is 8.86. The van der Waals surface area contributed by atoms with Crippen LogP contribution in [0.3, 0.4) is 0 Å². The van der Waals surface area contributed by atoms with Crippen LogP contribution in [0.1, 0.15) is 24.2 Å². The van der Waals surface area contributed by atoms with Crippen LogP contribution in [0, 0.1) is 5.92 Å². The highest BCUT2D eigenvalue weighted by atomic mass is 35.5. The maximum absolute atomic E-state index is 12.4. The molecule has 0 saturated heterocycles. The van der Waals surface area contributed by atoms with Crippen LogP contribution in [0.25, 0.3) is 0 Å². The third-order valence-corrected chi connectivity index (χ3v) is 4.67. The van der Waals surface area contributed by atoms with Crippen LogP contribution in [-0.2, 0) is 4.79 Å². The number of aliphatic imine (C=N–C) groups is 1. The predicted molar refractivity (Wildman–Crippen MR) is 95.5 cm³/mol. The summed E-state index contributed by atoms with van der Waals surface area (Å²) in [5.41, 5.74) is 0.280. The minimum atomic E-state index is -0.682. The molecule has 0 fully saturated rings. The minimum absolute atomic E-state index is 0.0861. The van der Waals surface area contributed by atoms with Crippen molar-refractivity contribution in [3.05, 3.63) is 33.8 Å². The molecule has 124 valence electrons. The highest BCUT2D eigenvalue weighted by Gasteiger charge is 2.27. The second-order valence-electron chi connectivity index (χ2n) is 5.34. The Morgan fingerprint density at radius 1 is 1.30 bits per heavy atom. The molecule has 2 amide bonds. The number of halogens is 2. The largest absolute Gasteiger partial charge is 0.340 e. The first kappa shape index (κ1) is 18.1. The molecule has 1 atom stereocenters. The molecule has 2 rings (SSSR count). The Kier molecular flexibility index (Phi) is 6.33. The van der Waals surface area contributed by atoms with Crippen LogP contribution in [0.15, 0.2) is 23.2 Å². The lowest BCUT2D eigenvalue weighted by atomic mass is 10.0. The fraction of sp³-hybridized carbons (Fsp3) is 0.400. The van der Waals surface area contributed by atoms with E-state index in [0.717, 1.165) is 5.75 Å². The Morgan fingerprint density at radius 3 is 2.61 bits per heavy atom. The van der Waals surface area contributed by atoms with Gasteiger partial charge in [0.05, 0.1) is 17.1 Å². The Bertz CT molecular complexity index is 650. The molecule has 0 spiro atoms. The van der Waals surface area contributed by atoms with Crippen LogP contribution in [0.4, 0.5) is 0 Å². The molecule has 23 heavy (non-hydrogen) atoms. The van der Waals surface area contributed by atoms with Crippen molar-refractivity contribution in [2.45, 2.75) is 19.9 Å². The lowest BCUT2D eigenvalue weighted by Crippen LogP contribution is -2.50. The smallest absolute Gasteiger partial charge is 0.253 e. The maximum atomic E-state index is 12.4. The topological polar surface area (TPSA) is 70.6 Å². The zero-order chi connectivity index (χ0) is 17.0. The van der Waals surface area contributed by atoms with Gasteiger partial charge in [0, 0.05) is 10.8 Å². The Hall–Kier alpha value is -1.24. The molecule has 1 aliphatic rings. The average molecular weight is 374 g/mol. The standard InChI is InChI=1S/C15H17Cl2N3O2S/c1-8(2)12(14(22)20-15-18-5-6-23-15)19-13(21)10-4-3-9(16)7-11(10)17/h3-4,7-8,12H,5-6H2,1-2H3,(H,19,21)(H,18,20,22)/t12-/m1/s1. The summed E-state index contributed by atoms with van der Waals surface area (Å²) in [6.45, 7) is 4.41. The van der Waals surface area contributed by atoms with Gasteiger partial charge >= 0.3 is 0 Å². The van der Waals surface area contributed by atoms with Crippen molar-refractivity contribution in [3.8, 4) is 0 Å². The summed E-state index contributed by atoms with van der Waals surface area (Å²) < 4.78 is 0. The summed E-state index contributed by atoms with van der Waals surface area (Å²) in [6, 6.07) is 3.92. The van der Waals surface area contributed by atoms with E-state index >= 15 is 0 Å². The van der Waals surface area contributed by atoms with Gasteiger partial charge in [0.25, 0.3) is 5.91 Å². The van der Waals surface area contributed by atoms with Gasteiger partial charge in [0.15, 0.2) is 5.17 Å². The van der Waals surface area contributed by atoms with Gasteiger partial charge in [-0.25, -0.2) is 0 Å². The molecule has 0 bridgehead atoms. The van der Waals surface area contributed by atoms with Crippen LogP contribution in [0.2, 0.25) is 10.0 Å². The fourth-order valence-electron chi connectivity index (χ4n) is 2.02. The normalized spacial score (nSPS) is 15.3. The number of benzene rings is 1. The molecule has 2 N–H and O–H groups in total. The van der Waals surface area contributed by atoms with Crippen molar-refractivity contribution in [1.29, 1.82) is 0 Å². The van der Waals surface area contributed by atoms with Crippen LogP contribution in [-0.4, -0.2) is 35.3 Å². The van der Waals surface area contributed by atoms with Crippen molar-refractivity contribution in [1.82, 2.24) is 10.6 Å². The van der Waals surface area contributed by atoms with Crippen molar-refractivity contribution < 1.29 is 9.59 Å². The van der Waals surface area contributed by atoms with E-state index in [2.05, 4.69) is 15.6 Å². The van der Waals surface area contributed by atoms with E-state index in [1.807, 2.05) is 13.8 Å². The van der Waals surface area contributed by atoms with Crippen molar-refractivity contribution in [3.63, 3.8) is 0 Å². The Labute approximate surface area is 149 Å². The molecule has 1 heterocycles. The van der Waals surface area contributed by atoms with Gasteiger partial charge in [-0.05, 0) is 24.1 Å². The predicted octanol–water partition coefficient (Wildman–Crippen LogP) is 2.97. The lowest BCUT2D eigenvalue weighted by molar-refractivity contribution is -0.122. The van der Waals surface area contributed by atoms with Crippen LogP contribution < -0.4 is 10.6 Å². The van der Waals surface area contributed by atoms with Gasteiger partial charge in [-0.2, -0.15) is 0 Å². The second kappa shape index (κ2) is 8.04. The van der Waals surface area contributed by atoms with E-state index in [0.29, 0.717) is 16.7 Å². The number of hydrogen-bond acceptors (Lipinski definition) is 4. The number of rotatable bonds is 4. The van der Waals surface area contributed by atoms with Crippen molar-refractivity contribution in [2.75, 3.05) is 12.3 Å². The molecule has 0 aromatic heterocycles. The van der Waals surface area contributed by atoms with E-state index in [1.54, 1.807) is 6.07 Å². The van der Waals surface area contributed by atoms with Crippen LogP contribution >= 0.6 is 35.0 Å². The number of amides is 2. The molecular formula is C15H17Cl2N3O2S. The fourth-order valence-corrected chi connectivity index (χ4v) is 3.25. The third kappa shape index (κ3) is 4.86. The molecule has 1 aromatic rings. The number of carbonyl (C=O) groups is 2. The SMILES string of the molecule is CC(C)[C@@H](NC(=O)c1ccc(Cl)cc1Cl)C(=O)NC1=NCCS1. The number of hydrogen-bond donors (Lipinski definition) is 2. The first-order chi connectivity index (χ1) is 10.9. The monoisotopic (exact) mass is 373 g/mol. The Morgan fingerprint density at radius 2 is 2.04 bits per heavy atom. The summed E-state index contributed by atoms with van der Waals surface area (Å²) in [4.78, 5) is 28.9. The van der Waals surface area contributed by atoms with Gasteiger partial charge in [-0.15, -0.1) is 0 Å². The summed E-state index contributed by atoms with van der Waals surface area (Å²) in [7, 11) is 0. The molecule has 0 unspecified atom stereocenters. The van der Waals surface area contributed by atoms with E-state index in [4.69, 9.17) is 23.2 Å². The number of nitrogens with one attached hydrogen (secondary N) is 2. The lowest BCUT2D eigenvalue weighted by Gasteiger charge is -2.21. The number of amidine groups is 1. The number of carbonyl (C=O) groups excluding carboxylic acids is 2. The summed E-state index contributed by atoms with van der Waals surface area (Å²) >= 11 is 13.4. The molecule has 0 radical (unpaired) electrons. The number of thioether (sulfide) groups is 1. The molecule has 5 nitrogen and oxygen atoms in total.